The van der Waals surface area contributed by atoms with Crippen LogP contribution in [0.1, 0.15) is 35.7 Å². The first-order valence-corrected chi connectivity index (χ1v) is 8.68. The van der Waals surface area contributed by atoms with Gasteiger partial charge in [0.15, 0.2) is 5.76 Å². The number of hydrogen-bond donors (Lipinski definition) is 0. The topological polar surface area (TPSA) is 60.5 Å². The minimum absolute atomic E-state index is 0.00159. The number of nitrogens with zero attached hydrogens (tertiary/aromatic N) is 3. The average molecular weight is 371 g/mol. The lowest BCUT2D eigenvalue weighted by atomic mass is 10.2. The molecule has 2 heterocycles. The van der Waals surface area contributed by atoms with E-state index in [0.717, 1.165) is 5.56 Å². The van der Waals surface area contributed by atoms with E-state index in [2.05, 4.69) is 5.10 Å². The van der Waals surface area contributed by atoms with Gasteiger partial charge in [0.2, 0.25) is 0 Å². The van der Waals surface area contributed by atoms with E-state index in [9.17, 15) is 9.18 Å². The second-order valence-corrected chi connectivity index (χ2v) is 6.56. The lowest BCUT2D eigenvalue weighted by Gasteiger charge is -2.25. The van der Waals surface area contributed by atoms with Crippen LogP contribution in [0.4, 0.5) is 4.39 Å². The molecule has 0 fully saturated rings. The molecule has 0 aliphatic carbocycles. The number of halogens is 1. The number of rotatable bonds is 7. The van der Waals surface area contributed by atoms with Crippen molar-refractivity contribution in [1.82, 2.24) is 14.7 Å². The molecule has 0 bridgehead atoms. The fourth-order valence-corrected chi connectivity index (χ4v) is 2.64. The van der Waals surface area contributed by atoms with Crippen LogP contribution < -0.4 is 4.74 Å². The van der Waals surface area contributed by atoms with Crippen LogP contribution >= 0.6 is 0 Å². The minimum Gasteiger partial charge on any atom is -0.486 e. The number of benzene rings is 1. The Morgan fingerprint density at radius 2 is 2.00 bits per heavy atom. The molecule has 0 aliphatic heterocycles. The van der Waals surface area contributed by atoms with E-state index in [1.165, 1.54) is 12.1 Å². The Hall–Kier alpha value is -3.09. The van der Waals surface area contributed by atoms with Crippen LogP contribution in [0.25, 0.3) is 0 Å². The molecule has 1 aromatic carbocycles. The first-order chi connectivity index (χ1) is 12.9. The summed E-state index contributed by atoms with van der Waals surface area (Å²) in [5.74, 6) is 0.789. The van der Waals surface area contributed by atoms with Crippen LogP contribution in [-0.4, -0.2) is 26.6 Å². The molecule has 0 N–H and O–H groups in total. The molecule has 6 nitrogen and oxygen atoms in total. The predicted octanol–water partition coefficient (Wildman–Crippen LogP) is 3.78. The summed E-state index contributed by atoms with van der Waals surface area (Å²) in [5.41, 5.74) is 0.950. The molecule has 0 unspecified atom stereocenters. The average Bonchev–Trinajstić information content (AvgIpc) is 3.27. The largest absolute Gasteiger partial charge is 0.486 e. The Balaban J connectivity index is 1.65. The minimum atomic E-state index is -0.323. The second-order valence-electron chi connectivity index (χ2n) is 6.56. The Kier molecular flexibility index (Phi) is 5.59. The lowest BCUT2D eigenvalue weighted by molar-refractivity contribution is 0.0653. The summed E-state index contributed by atoms with van der Waals surface area (Å²) in [4.78, 5) is 14.6. The van der Waals surface area contributed by atoms with E-state index in [-0.39, 0.29) is 30.1 Å². The summed E-state index contributed by atoms with van der Waals surface area (Å²) in [6, 6.07) is 9.08. The highest BCUT2D eigenvalue weighted by Crippen LogP contribution is 2.18. The van der Waals surface area contributed by atoms with Gasteiger partial charge in [-0.25, -0.2) is 4.39 Å². The van der Waals surface area contributed by atoms with Crippen molar-refractivity contribution >= 4 is 5.91 Å². The third kappa shape index (κ3) is 4.75. The highest BCUT2D eigenvalue weighted by Gasteiger charge is 2.22. The molecule has 0 atom stereocenters. The van der Waals surface area contributed by atoms with Crippen molar-refractivity contribution in [1.29, 1.82) is 0 Å². The Labute approximate surface area is 157 Å². The number of carbonyl (C=O) groups is 1. The molecule has 1 amide bonds. The normalized spacial score (nSPS) is 11.0. The van der Waals surface area contributed by atoms with Crippen molar-refractivity contribution in [2.24, 2.45) is 7.05 Å². The maximum absolute atomic E-state index is 12.9. The number of amides is 1. The van der Waals surface area contributed by atoms with Gasteiger partial charge in [0.25, 0.3) is 5.91 Å². The molecule has 3 rings (SSSR count). The van der Waals surface area contributed by atoms with Crippen molar-refractivity contribution in [2.45, 2.75) is 33.0 Å². The quantitative estimate of drug-likeness (QED) is 0.634. The van der Waals surface area contributed by atoms with Gasteiger partial charge < -0.3 is 14.1 Å². The number of aromatic nitrogens is 2. The van der Waals surface area contributed by atoms with Gasteiger partial charge in [0.05, 0.1) is 6.20 Å². The van der Waals surface area contributed by atoms with Gasteiger partial charge in [0.1, 0.15) is 23.9 Å². The Morgan fingerprint density at radius 1 is 1.26 bits per heavy atom. The highest BCUT2D eigenvalue weighted by atomic mass is 19.1. The smallest absolute Gasteiger partial charge is 0.290 e. The highest BCUT2D eigenvalue weighted by molar-refractivity contribution is 5.91. The summed E-state index contributed by atoms with van der Waals surface area (Å²) < 4.78 is 25.8. The molecular weight excluding hydrogens is 349 g/mol. The van der Waals surface area contributed by atoms with Gasteiger partial charge in [-0.1, -0.05) is 0 Å². The zero-order valence-corrected chi connectivity index (χ0v) is 15.6. The van der Waals surface area contributed by atoms with Crippen LogP contribution in [0.3, 0.4) is 0 Å². The second kappa shape index (κ2) is 8.07. The summed E-state index contributed by atoms with van der Waals surface area (Å²) in [6.07, 6.45) is 3.62. The standard InChI is InChI=1S/C20H22FN3O3/c1-14(2)24(12-15-10-22-23(3)11-15)20(25)19-9-8-18(27-19)13-26-17-6-4-16(21)5-7-17/h4-11,14H,12-13H2,1-3H3. The van der Waals surface area contributed by atoms with E-state index < -0.39 is 0 Å². The van der Waals surface area contributed by atoms with Crippen molar-refractivity contribution < 1.29 is 18.3 Å². The Morgan fingerprint density at radius 3 is 2.63 bits per heavy atom. The molecule has 0 saturated heterocycles. The molecule has 2 aromatic heterocycles. The van der Waals surface area contributed by atoms with Crippen LogP contribution in [0.2, 0.25) is 0 Å². The molecule has 27 heavy (non-hydrogen) atoms. The van der Waals surface area contributed by atoms with E-state index in [1.807, 2.05) is 27.1 Å². The molecule has 142 valence electrons. The maximum atomic E-state index is 12.9. The molecule has 7 heteroatoms. The number of carbonyl (C=O) groups excluding carboxylic acids is 1. The van der Waals surface area contributed by atoms with Gasteiger partial charge in [0, 0.05) is 31.4 Å². The van der Waals surface area contributed by atoms with Crippen LogP contribution in [0, 0.1) is 5.82 Å². The Bertz CT molecular complexity index is 899. The van der Waals surface area contributed by atoms with E-state index in [1.54, 1.807) is 40.0 Å². The molecule has 3 aromatic rings. The van der Waals surface area contributed by atoms with E-state index >= 15 is 0 Å². The molecular formula is C20H22FN3O3. The summed E-state index contributed by atoms with van der Waals surface area (Å²) in [7, 11) is 1.84. The van der Waals surface area contributed by atoms with Gasteiger partial charge in [-0.3, -0.25) is 9.48 Å². The molecule has 0 radical (unpaired) electrons. The fraction of sp³-hybridized carbons (Fsp3) is 0.300. The van der Waals surface area contributed by atoms with Gasteiger partial charge >= 0.3 is 0 Å². The van der Waals surface area contributed by atoms with Gasteiger partial charge in [-0.2, -0.15) is 5.10 Å². The number of hydrogen-bond acceptors (Lipinski definition) is 4. The van der Waals surface area contributed by atoms with E-state index in [4.69, 9.17) is 9.15 Å². The third-order valence-corrected chi connectivity index (χ3v) is 4.06. The van der Waals surface area contributed by atoms with Crippen molar-refractivity contribution in [3.05, 3.63) is 71.7 Å². The third-order valence-electron chi connectivity index (χ3n) is 4.06. The van der Waals surface area contributed by atoms with E-state index in [0.29, 0.717) is 18.1 Å². The van der Waals surface area contributed by atoms with Crippen LogP contribution in [0.5, 0.6) is 5.75 Å². The zero-order chi connectivity index (χ0) is 19.4. The van der Waals surface area contributed by atoms with Crippen molar-refractivity contribution in [2.75, 3.05) is 0 Å². The lowest BCUT2D eigenvalue weighted by Crippen LogP contribution is -2.36. The molecule has 0 saturated carbocycles. The summed E-state index contributed by atoms with van der Waals surface area (Å²) in [6.45, 7) is 4.52. The van der Waals surface area contributed by atoms with Gasteiger partial charge in [-0.15, -0.1) is 0 Å². The maximum Gasteiger partial charge on any atom is 0.290 e. The molecule has 0 spiro atoms. The van der Waals surface area contributed by atoms with Crippen LogP contribution in [0.15, 0.2) is 53.2 Å². The SMILES string of the molecule is CC(C)N(Cc1cnn(C)c1)C(=O)c1ccc(COc2ccc(F)cc2)o1. The molecule has 0 aliphatic rings. The fourth-order valence-electron chi connectivity index (χ4n) is 2.64. The van der Waals surface area contributed by atoms with Crippen LogP contribution in [-0.2, 0) is 20.2 Å². The zero-order valence-electron chi connectivity index (χ0n) is 15.6. The summed E-state index contributed by atoms with van der Waals surface area (Å²) >= 11 is 0. The first-order valence-electron chi connectivity index (χ1n) is 8.68. The summed E-state index contributed by atoms with van der Waals surface area (Å²) in [5, 5.41) is 4.14. The predicted molar refractivity (Wildman–Crippen MR) is 97.7 cm³/mol. The number of furan rings is 1. The number of ether oxygens (including phenoxy) is 1. The van der Waals surface area contributed by atoms with Gasteiger partial charge in [-0.05, 0) is 50.2 Å². The van der Waals surface area contributed by atoms with Crippen molar-refractivity contribution in [3.63, 3.8) is 0 Å². The first kappa shape index (κ1) is 18.7. The monoisotopic (exact) mass is 371 g/mol. The number of aryl methyl sites for hydroxylation is 1. The van der Waals surface area contributed by atoms with Crippen molar-refractivity contribution in [3.8, 4) is 5.75 Å².